The van der Waals surface area contributed by atoms with Gasteiger partial charge in [-0.05, 0) is 253 Å². The Morgan fingerprint density at radius 2 is 0.567 bits per heavy atom. The minimum Gasteiger partial charge on any atom is -0.337 e. The van der Waals surface area contributed by atoms with E-state index in [-0.39, 0.29) is 94.2 Å². The fourth-order valence-corrected chi connectivity index (χ4v) is 20.1. The van der Waals surface area contributed by atoms with Crippen LogP contribution in [0.25, 0.3) is 0 Å². The van der Waals surface area contributed by atoms with E-state index in [1.165, 1.54) is 67.4 Å². The number of amides is 4. The third-order valence-corrected chi connectivity index (χ3v) is 26.6. The Kier molecular flexibility index (Phi) is 20.7. The predicted octanol–water partition coefficient (Wildman–Crippen LogP) is 16.9. The number of hydrogen-bond acceptors (Lipinski definition) is 28. The molecule has 0 radical (unpaired) electrons. The second-order valence-electron chi connectivity index (χ2n) is 26.0. The van der Waals surface area contributed by atoms with Gasteiger partial charge in [-0.3, -0.25) is 38.4 Å². The molecule has 8 aromatic heterocycles. The molecule has 0 spiro atoms. The maximum atomic E-state index is 13.2. The summed E-state index contributed by atoms with van der Waals surface area (Å²) >= 11 is 3.20. The highest BCUT2D eigenvalue weighted by molar-refractivity contribution is 7.94. The molecule has 4 amide bonds. The van der Waals surface area contributed by atoms with Crippen molar-refractivity contribution >= 4 is 178 Å². The largest absolute Gasteiger partial charge is 0.337 e. The van der Waals surface area contributed by atoms with Gasteiger partial charge in [-0.2, -0.15) is 0 Å². The number of ketones is 4. The quantitative estimate of drug-likeness (QED) is 0.0260. The van der Waals surface area contributed by atoms with Gasteiger partial charge in [0.2, 0.25) is 23.5 Å². The number of sulfonamides is 4. The summed E-state index contributed by atoms with van der Waals surface area (Å²) < 4.78 is 287. The molecule has 0 unspecified atom stereocenters. The van der Waals surface area contributed by atoms with E-state index in [0.717, 1.165) is 78.2 Å². The van der Waals surface area contributed by atoms with Crippen molar-refractivity contribution < 1.29 is 118 Å². The van der Waals surface area contributed by atoms with Crippen LogP contribution in [0.15, 0.2) is 132 Å². The van der Waals surface area contributed by atoms with Crippen LogP contribution in [0, 0.1) is 110 Å². The average Bonchev–Trinajstić information content (AvgIpc) is 1.11. The summed E-state index contributed by atoms with van der Waals surface area (Å²) in [7, 11) is -17.5. The van der Waals surface area contributed by atoms with Crippen molar-refractivity contribution in [1.29, 1.82) is 0 Å². The summed E-state index contributed by atoms with van der Waals surface area (Å²) in [6, 6.07) is 11.7. The first kappa shape index (κ1) is 66.9. The number of nitrogens with zero attached hydrogens (tertiary/aromatic N) is 4. The minimum atomic E-state index is -4.64. The van der Waals surface area contributed by atoms with E-state index in [9.17, 15) is 72.0 Å². The summed E-state index contributed by atoms with van der Waals surface area (Å²) in [5.74, 6) is -7.28. The van der Waals surface area contributed by atoms with E-state index in [4.69, 9.17) is 45.5 Å². The molecular weight excluding hydrogens is 1710 g/mol. The number of hydrogen-bond donors (Lipinski definition) is 8. The van der Waals surface area contributed by atoms with Gasteiger partial charge in [0.25, 0.3) is 63.7 Å². The lowest BCUT2D eigenvalue weighted by atomic mass is 10.0. The van der Waals surface area contributed by atoms with Crippen molar-refractivity contribution in [2.75, 3.05) is 40.2 Å². The van der Waals surface area contributed by atoms with Crippen molar-refractivity contribution in [2.45, 2.75) is 158 Å². The van der Waals surface area contributed by atoms with E-state index >= 15 is 0 Å². The molecule has 4 aromatic carbocycles. The molecule has 0 atom stereocenters. The van der Waals surface area contributed by atoms with Gasteiger partial charge >= 0.3 is 0 Å². The van der Waals surface area contributed by atoms with Crippen molar-refractivity contribution in [1.82, 2.24) is 20.6 Å². The van der Waals surface area contributed by atoms with Crippen LogP contribution in [-0.4, -0.2) is 101 Å². The molecule has 0 bridgehead atoms. The van der Waals surface area contributed by atoms with E-state index < -0.39 is 198 Å². The average molecular weight is 1810 g/mol. The molecule has 0 aliphatic rings. The fourth-order valence-electron chi connectivity index (χ4n) is 10.7. The number of anilines is 8. The Morgan fingerprint density at radius 1 is 0.325 bits per heavy atom. The molecule has 632 valence electrons. The van der Waals surface area contributed by atoms with Gasteiger partial charge in [-0.1, -0.05) is 44.9 Å². The Labute approximate surface area is 736 Å². The summed E-state index contributed by atoms with van der Waals surface area (Å²) in [5, 5.41) is 29.6. The molecule has 12 aromatic rings. The number of rotatable bonds is 24. The van der Waals surface area contributed by atoms with E-state index in [2.05, 4.69) is 56.1 Å². The lowest BCUT2D eigenvalue weighted by Crippen LogP contribution is -2.20. The SMILES string of the molecule is [2H]C([2H])([2H])c1cc(C(C)=O)c(NC(=O)c2sccc2S(=O)(=O)Nc2onc(C)c2C([2H])([2H])[2H])c(C([2H])([2H])[2H])c1.[2H]C([2H])([2H])c1cc(C(C)=O)c(NC(=O)c2sccc2S(=O)(=O)Nc2onc(C)c2C)c(C([2H])([2H])[2H])c1.[2H]c1c(C)cc(C)c(NC(=O)c2sccc2S(=O)(=O)Nc2onc(C)c2C([2H])([2H])[2H])c1C(C)=O.[2H]c1c(C)cc(C)c(NC(=O)c2sccc2S(=O)(=O)Nc2onc(C)c2C)c1C(C)=O. The molecule has 0 saturated carbocycles. The number of nitrogens with one attached hydrogen (secondary N) is 8. The number of carbonyl (C=O) groups excluding carboxylic acids is 8. The monoisotopic (exact) mass is 1810 g/mol. The second-order valence-corrected chi connectivity index (χ2v) is 36.2. The van der Waals surface area contributed by atoms with Gasteiger partial charge in [0.05, 0.1) is 48.3 Å². The molecule has 12 rings (SSSR count). The molecule has 8 N–H and O–H groups in total. The molecule has 8 heterocycles. The summed E-state index contributed by atoms with van der Waals surface area (Å²) in [5.41, 5.74) is 0.0463. The minimum absolute atomic E-state index is 0.00112. The van der Waals surface area contributed by atoms with Crippen LogP contribution in [0.5, 0.6) is 0 Å². The van der Waals surface area contributed by atoms with Gasteiger partial charge in [-0.15, -0.1) is 45.3 Å². The highest BCUT2D eigenvalue weighted by atomic mass is 32.2. The maximum Gasteiger partial charge on any atom is 0.267 e. The normalized spacial score (nSPS) is 14.4. The van der Waals surface area contributed by atoms with E-state index in [1.54, 1.807) is 67.5 Å². The Balaban J connectivity index is 0.000000209. The Morgan fingerprint density at radius 3 is 0.792 bits per heavy atom. The standard InChI is InChI=1S/4C20H21N3O5S2/c4*1-10-8-11(2)17(15(9-10)14(5)24)21-19(25)18-16(6-7-29-18)30(26,27)23-20-12(3)13(4)22-28-20/h4*6-9,23H,1-5H3,(H,21,25)/i1D3,2D3,3D3;3D3,9D;1D3,2D3;9D. The lowest BCUT2D eigenvalue weighted by Gasteiger charge is -2.14. The molecule has 0 aliphatic heterocycles. The first-order valence-electron chi connectivity index (χ1n) is 44.3. The first-order chi connectivity index (χ1) is 64.2. The lowest BCUT2D eigenvalue weighted by molar-refractivity contribution is 0.100. The molecular formula is C80H84N12O20S8. The number of benzene rings is 4. The zero-order valence-corrected chi connectivity index (χ0v) is 71.8. The van der Waals surface area contributed by atoms with Crippen molar-refractivity contribution in [3.63, 3.8) is 0 Å². The van der Waals surface area contributed by atoms with Crippen molar-refractivity contribution in [3.05, 3.63) is 226 Å². The van der Waals surface area contributed by atoms with Gasteiger partial charge < -0.3 is 39.4 Å². The maximum absolute atomic E-state index is 13.2. The van der Waals surface area contributed by atoms with Crippen LogP contribution in [-0.2, 0) is 40.1 Å². The number of aryl methyl sites for hydroxylation is 12. The third-order valence-electron chi connectivity index (χ3n) is 16.9. The summed E-state index contributed by atoms with van der Waals surface area (Å²) in [6.07, 6.45) is 0. The van der Waals surface area contributed by atoms with Crippen LogP contribution < -0.4 is 40.2 Å². The van der Waals surface area contributed by atoms with Gasteiger partial charge in [0.1, 0.15) is 39.1 Å². The number of thiophene rings is 4. The highest BCUT2D eigenvalue weighted by Crippen LogP contribution is 2.36. The number of Topliss-reactive ketones (excluding diaryl/α,β-unsaturated/α-hetero) is 4. The number of carbonyl (C=O) groups is 8. The molecule has 0 fully saturated rings. The Bertz CT molecular complexity index is 7460. The molecule has 32 nitrogen and oxygen atoms in total. The smallest absolute Gasteiger partial charge is 0.267 e. The zero-order chi connectivity index (χ0) is 106. The van der Waals surface area contributed by atoms with Crippen molar-refractivity contribution in [2.24, 2.45) is 0 Å². The topological polar surface area (TPSA) is 473 Å². The molecule has 0 saturated heterocycles. The predicted molar refractivity (Wildman–Crippen MR) is 460 cm³/mol. The van der Waals surface area contributed by atoms with Crippen LogP contribution >= 0.6 is 45.3 Å². The molecule has 0 aliphatic carbocycles. The van der Waals surface area contributed by atoms with Crippen LogP contribution in [0.4, 0.5) is 46.3 Å². The summed E-state index contributed by atoms with van der Waals surface area (Å²) in [4.78, 5) is 98.7. The molecule has 40 heteroatoms. The van der Waals surface area contributed by atoms with Gasteiger partial charge in [0.15, 0.2) is 23.1 Å². The van der Waals surface area contributed by atoms with E-state index in [0.29, 0.717) is 56.1 Å². The second kappa shape index (κ2) is 37.2. The fraction of sp³-hybridized carbons (Fsp3) is 0.250. The van der Waals surface area contributed by atoms with Crippen LogP contribution in [0.3, 0.4) is 0 Å². The summed E-state index contributed by atoms with van der Waals surface area (Å²) in [6.45, 7) is 3.87. The third kappa shape index (κ3) is 21.0. The molecule has 120 heavy (non-hydrogen) atoms. The highest BCUT2D eigenvalue weighted by Gasteiger charge is 2.33. The van der Waals surface area contributed by atoms with Gasteiger partial charge in [0, 0.05) is 69.2 Å². The Hall–Kier alpha value is -11.9. The number of aromatic nitrogens is 4. The zero-order valence-electron chi connectivity index (χ0n) is 85.3. The van der Waals surface area contributed by atoms with Crippen LogP contribution in [0.1, 0.15) is 225 Å². The first-order valence-corrected chi connectivity index (χ1v) is 43.7. The van der Waals surface area contributed by atoms with Crippen LogP contribution in [0.2, 0.25) is 0 Å². The van der Waals surface area contributed by atoms with Crippen molar-refractivity contribution in [3.8, 4) is 0 Å². The van der Waals surface area contributed by atoms with E-state index in [1.807, 2.05) is 4.72 Å². The van der Waals surface area contributed by atoms with Gasteiger partial charge in [-0.25, -0.2) is 52.6 Å².